The molecule has 1 aromatic rings. The lowest BCUT2D eigenvalue weighted by Gasteiger charge is -2.21. The van der Waals surface area contributed by atoms with Crippen molar-refractivity contribution in [1.29, 1.82) is 0 Å². The maximum absolute atomic E-state index is 12.7. The summed E-state index contributed by atoms with van der Waals surface area (Å²) in [7, 11) is 1.61. The molecule has 1 fully saturated rings. The number of methoxy groups -OCH3 is 1. The molecule has 118 valence electrons. The Kier molecular flexibility index (Phi) is 4.71. The number of alkyl halides is 1. The number of nitrogens with zero attached hydrogens (tertiary/aromatic N) is 1. The van der Waals surface area contributed by atoms with Crippen LogP contribution in [-0.4, -0.2) is 42.4 Å². The maximum Gasteiger partial charge on any atom is 0.255 e. The number of amides is 1. The van der Waals surface area contributed by atoms with E-state index in [2.05, 4.69) is 22.0 Å². The molecule has 1 amide bonds. The lowest BCUT2D eigenvalue weighted by molar-refractivity contribution is 0.0763. The van der Waals surface area contributed by atoms with Crippen molar-refractivity contribution in [2.45, 2.75) is 25.3 Å². The topological polar surface area (TPSA) is 38.8 Å². The molecule has 0 aromatic heterocycles. The van der Waals surface area contributed by atoms with Gasteiger partial charge in [0, 0.05) is 11.9 Å². The first-order valence-corrected chi connectivity index (χ1v) is 8.76. The van der Waals surface area contributed by atoms with E-state index < -0.39 is 0 Å². The van der Waals surface area contributed by atoms with Gasteiger partial charge >= 0.3 is 0 Å². The Hall–Kier alpha value is -1.49. The molecule has 0 bridgehead atoms. The van der Waals surface area contributed by atoms with Crippen molar-refractivity contribution in [3.05, 3.63) is 29.3 Å². The van der Waals surface area contributed by atoms with Crippen LogP contribution < -0.4 is 9.47 Å². The first-order valence-electron chi connectivity index (χ1n) is 7.64. The van der Waals surface area contributed by atoms with Crippen molar-refractivity contribution in [2.75, 3.05) is 25.6 Å². The van der Waals surface area contributed by atoms with Gasteiger partial charge in [-0.05, 0) is 37.0 Å². The van der Waals surface area contributed by atoms with Gasteiger partial charge in [0.25, 0.3) is 5.91 Å². The minimum Gasteiger partial charge on any atom is -0.493 e. The Morgan fingerprint density at radius 3 is 3.00 bits per heavy atom. The van der Waals surface area contributed by atoms with E-state index in [4.69, 9.17) is 9.47 Å². The lowest BCUT2D eigenvalue weighted by Crippen LogP contribution is -2.33. The van der Waals surface area contributed by atoms with Crippen LogP contribution in [0.3, 0.4) is 0 Å². The summed E-state index contributed by atoms with van der Waals surface area (Å²) in [6.07, 6.45) is 7.21. The fraction of sp³-hybridized carbons (Fsp3) is 0.471. The summed E-state index contributed by atoms with van der Waals surface area (Å²) in [5.41, 5.74) is 1.61. The van der Waals surface area contributed by atoms with Crippen molar-refractivity contribution in [3.8, 4) is 11.5 Å². The molecule has 2 aliphatic heterocycles. The Balaban J connectivity index is 1.95. The molecule has 0 saturated carbocycles. The third kappa shape index (κ3) is 2.86. The Labute approximate surface area is 139 Å². The fourth-order valence-electron chi connectivity index (χ4n) is 3.02. The molecule has 22 heavy (non-hydrogen) atoms. The highest BCUT2D eigenvalue weighted by atomic mass is 79.9. The molecule has 0 unspecified atom stereocenters. The second-order valence-corrected chi connectivity index (χ2v) is 6.34. The number of halogens is 1. The van der Waals surface area contributed by atoms with Gasteiger partial charge in [-0.2, -0.15) is 0 Å². The van der Waals surface area contributed by atoms with Gasteiger partial charge in [-0.3, -0.25) is 4.79 Å². The number of ether oxygens (including phenoxy) is 2. The molecule has 5 heteroatoms. The van der Waals surface area contributed by atoms with Crippen molar-refractivity contribution in [2.24, 2.45) is 0 Å². The minimum absolute atomic E-state index is 0.0906. The molecule has 0 radical (unpaired) electrons. The molecule has 4 nitrogen and oxygen atoms in total. The Morgan fingerprint density at radius 1 is 1.36 bits per heavy atom. The zero-order valence-electron chi connectivity index (χ0n) is 12.7. The summed E-state index contributed by atoms with van der Waals surface area (Å²) in [6.45, 7) is 1.45. The summed E-state index contributed by atoms with van der Waals surface area (Å²) >= 11 is 3.39. The Bertz CT molecular complexity index is 600. The summed E-state index contributed by atoms with van der Waals surface area (Å²) in [4.78, 5) is 14.7. The zero-order valence-corrected chi connectivity index (χ0v) is 14.3. The molecule has 0 N–H and O–H groups in total. The van der Waals surface area contributed by atoms with Crippen LogP contribution in [0.15, 0.2) is 18.2 Å². The van der Waals surface area contributed by atoms with Crippen LogP contribution in [-0.2, 0) is 0 Å². The molecular formula is C17H20BrNO3. The van der Waals surface area contributed by atoms with Gasteiger partial charge in [-0.25, -0.2) is 0 Å². The van der Waals surface area contributed by atoms with Gasteiger partial charge in [0.2, 0.25) is 0 Å². The Morgan fingerprint density at radius 2 is 2.23 bits per heavy atom. The largest absolute Gasteiger partial charge is 0.493 e. The number of carbonyl (C=O) groups excluding carboxylic acids is 1. The number of hydrogen-bond donors (Lipinski definition) is 0. The second kappa shape index (κ2) is 6.73. The van der Waals surface area contributed by atoms with Crippen molar-refractivity contribution in [3.63, 3.8) is 0 Å². The molecule has 0 aliphatic carbocycles. The van der Waals surface area contributed by atoms with E-state index in [1.54, 1.807) is 7.11 Å². The monoisotopic (exact) mass is 365 g/mol. The third-order valence-electron chi connectivity index (χ3n) is 4.16. The molecule has 2 aliphatic rings. The molecule has 1 aromatic carbocycles. The molecule has 3 rings (SSSR count). The number of fused-ring (bicyclic) bond motifs is 2. The summed E-state index contributed by atoms with van der Waals surface area (Å²) in [5.74, 6) is 1.40. The maximum atomic E-state index is 12.7. The van der Waals surface area contributed by atoms with Gasteiger partial charge in [-0.1, -0.05) is 28.1 Å². The van der Waals surface area contributed by atoms with Crippen LogP contribution in [0.1, 0.15) is 35.2 Å². The second-order valence-electron chi connectivity index (χ2n) is 5.55. The van der Waals surface area contributed by atoms with Crippen LogP contribution in [0.4, 0.5) is 0 Å². The van der Waals surface area contributed by atoms with Gasteiger partial charge in [-0.15, -0.1) is 0 Å². The van der Waals surface area contributed by atoms with Crippen LogP contribution in [0.2, 0.25) is 0 Å². The molecule has 2 heterocycles. The highest BCUT2D eigenvalue weighted by Gasteiger charge is 2.31. The molecular weight excluding hydrogens is 346 g/mol. The lowest BCUT2D eigenvalue weighted by atomic mass is 10.1. The first-order chi connectivity index (χ1) is 10.7. The standard InChI is InChI=1S/C17H20BrNO3/c1-21-15-11-14-12(10-16(15)22-9-3-7-18)5-6-13-4-2-8-19(13)17(14)20/h5-6,10-11,13H,2-4,7-9H2,1H3/t13-/m0/s1. The number of benzene rings is 1. The summed E-state index contributed by atoms with van der Waals surface area (Å²) < 4.78 is 11.2. The van der Waals surface area contributed by atoms with E-state index in [-0.39, 0.29) is 11.9 Å². The van der Waals surface area contributed by atoms with Crippen LogP contribution in [0.25, 0.3) is 6.08 Å². The van der Waals surface area contributed by atoms with E-state index in [0.717, 1.165) is 36.7 Å². The van der Waals surface area contributed by atoms with Crippen LogP contribution >= 0.6 is 15.9 Å². The normalized spacial score (nSPS) is 19.6. The van der Waals surface area contributed by atoms with Crippen molar-refractivity contribution in [1.82, 2.24) is 4.90 Å². The van der Waals surface area contributed by atoms with Gasteiger partial charge in [0.1, 0.15) is 0 Å². The quantitative estimate of drug-likeness (QED) is 0.592. The van der Waals surface area contributed by atoms with Gasteiger partial charge in [0.15, 0.2) is 11.5 Å². The van der Waals surface area contributed by atoms with E-state index in [0.29, 0.717) is 23.7 Å². The predicted octanol–water partition coefficient (Wildman–Crippen LogP) is 3.49. The van der Waals surface area contributed by atoms with Crippen molar-refractivity contribution >= 4 is 27.9 Å². The molecule has 1 saturated heterocycles. The van der Waals surface area contributed by atoms with Gasteiger partial charge < -0.3 is 14.4 Å². The van der Waals surface area contributed by atoms with Crippen LogP contribution in [0.5, 0.6) is 11.5 Å². The first kappa shape index (κ1) is 15.4. The van der Waals surface area contributed by atoms with Gasteiger partial charge in [0.05, 0.1) is 25.3 Å². The highest BCUT2D eigenvalue weighted by molar-refractivity contribution is 9.09. The van der Waals surface area contributed by atoms with Crippen molar-refractivity contribution < 1.29 is 14.3 Å². The summed E-state index contributed by atoms with van der Waals surface area (Å²) in [6, 6.07) is 3.95. The van der Waals surface area contributed by atoms with E-state index in [9.17, 15) is 4.79 Å². The third-order valence-corrected chi connectivity index (χ3v) is 4.72. The number of carbonyl (C=O) groups is 1. The van der Waals surface area contributed by atoms with E-state index in [1.165, 1.54) is 0 Å². The predicted molar refractivity (Wildman–Crippen MR) is 90.0 cm³/mol. The summed E-state index contributed by atoms with van der Waals surface area (Å²) in [5, 5.41) is 0.898. The fourth-order valence-corrected chi connectivity index (χ4v) is 3.25. The van der Waals surface area contributed by atoms with Crippen LogP contribution in [0, 0.1) is 0 Å². The smallest absolute Gasteiger partial charge is 0.255 e. The SMILES string of the molecule is COc1cc2c(cc1OCCCBr)C=C[C@@H]1CCCN1C2=O. The van der Waals surface area contributed by atoms with E-state index >= 15 is 0 Å². The number of rotatable bonds is 5. The molecule has 0 spiro atoms. The zero-order chi connectivity index (χ0) is 15.5. The minimum atomic E-state index is 0.0906. The number of hydrogen-bond acceptors (Lipinski definition) is 3. The van der Waals surface area contributed by atoms with E-state index in [1.807, 2.05) is 23.1 Å². The average molecular weight is 366 g/mol. The average Bonchev–Trinajstić information content (AvgIpc) is 2.96. The highest BCUT2D eigenvalue weighted by Crippen LogP contribution is 2.35. The molecule has 1 atom stereocenters.